The Labute approximate surface area is 141 Å². The van der Waals surface area contributed by atoms with E-state index in [2.05, 4.69) is 19.2 Å². The van der Waals surface area contributed by atoms with Crippen molar-refractivity contribution >= 4 is 17.6 Å². The molecular weight excluding hydrogens is 308 g/mol. The van der Waals surface area contributed by atoms with Gasteiger partial charge in [-0.05, 0) is 37.0 Å². The molecule has 0 aromatic carbocycles. The molecule has 6 nitrogen and oxygen atoms in total. The van der Waals surface area contributed by atoms with E-state index in [1.165, 1.54) is 24.3 Å². The first-order chi connectivity index (χ1) is 11.2. The van der Waals surface area contributed by atoms with E-state index >= 15 is 0 Å². The van der Waals surface area contributed by atoms with Crippen LogP contribution in [0.2, 0.25) is 0 Å². The van der Waals surface area contributed by atoms with Crippen LogP contribution in [0.15, 0.2) is 48.2 Å². The highest BCUT2D eigenvalue weighted by Gasteiger charge is 2.28. The molecule has 0 bridgehead atoms. The Hall–Kier alpha value is -2.47. The molecule has 0 aliphatic heterocycles. The van der Waals surface area contributed by atoms with Gasteiger partial charge in [0.2, 0.25) is 17.6 Å². The summed E-state index contributed by atoms with van der Waals surface area (Å²) in [5, 5.41) is 12.8. The number of rotatable bonds is 8. The van der Waals surface area contributed by atoms with Gasteiger partial charge in [-0.25, -0.2) is 0 Å². The van der Waals surface area contributed by atoms with Crippen LogP contribution < -0.4 is 11.1 Å². The van der Waals surface area contributed by atoms with Gasteiger partial charge in [-0.3, -0.25) is 14.4 Å². The molecule has 0 heterocycles. The number of carbonyl (C=O) groups is 3. The van der Waals surface area contributed by atoms with Gasteiger partial charge in [0.05, 0.1) is 5.70 Å². The molecule has 0 aromatic rings. The normalized spacial score (nSPS) is 20.8. The van der Waals surface area contributed by atoms with Gasteiger partial charge in [-0.1, -0.05) is 32.1 Å². The monoisotopic (exact) mass is 332 g/mol. The summed E-state index contributed by atoms with van der Waals surface area (Å²) in [4.78, 5) is 34.5. The number of ketones is 1. The third-order valence-electron chi connectivity index (χ3n) is 3.32. The fourth-order valence-corrected chi connectivity index (χ4v) is 2.00. The van der Waals surface area contributed by atoms with Crippen molar-refractivity contribution in [1.29, 1.82) is 0 Å². The Bertz CT molecular complexity index is 615. The topological polar surface area (TPSA) is 109 Å². The van der Waals surface area contributed by atoms with E-state index in [0.717, 1.165) is 6.42 Å². The van der Waals surface area contributed by atoms with Crippen LogP contribution in [0, 0.1) is 5.92 Å². The minimum atomic E-state index is -1.48. The van der Waals surface area contributed by atoms with E-state index < -0.39 is 23.2 Å². The first kappa shape index (κ1) is 19.6. The fourth-order valence-electron chi connectivity index (χ4n) is 2.00. The molecule has 1 rings (SSSR count). The van der Waals surface area contributed by atoms with Crippen LogP contribution in [0.4, 0.5) is 0 Å². The highest BCUT2D eigenvalue weighted by atomic mass is 16.3. The van der Waals surface area contributed by atoms with Crippen molar-refractivity contribution in [2.45, 2.75) is 38.7 Å². The fraction of sp³-hybridized carbons (Fsp3) is 0.389. The lowest BCUT2D eigenvalue weighted by molar-refractivity contribution is -0.119. The lowest BCUT2D eigenvalue weighted by Gasteiger charge is -2.24. The van der Waals surface area contributed by atoms with Crippen LogP contribution in [0.5, 0.6) is 0 Å². The zero-order valence-corrected chi connectivity index (χ0v) is 14.0. The highest BCUT2D eigenvalue weighted by Crippen LogP contribution is 2.22. The smallest absolute Gasteiger partial charge is 0.248 e. The molecule has 0 aromatic heterocycles. The van der Waals surface area contributed by atoms with Gasteiger partial charge in [-0.15, -0.1) is 0 Å². The summed E-state index contributed by atoms with van der Waals surface area (Å²) in [6.07, 6.45) is 11.2. The summed E-state index contributed by atoms with van der Waals surface area (Å²) >= 11 is 0. The van der Waals surface area contributed by atoms with E-state index in [4.69, 9.17) is 5.73 Å². The predicted molar refractivity (Wildman–Crippen MR) is 91.5 cm³/mol. The summed E-state index contributed by atoms with van der Waals surface area (Å²) in [6.45, 7) is 4.18. The van der Waals surface area contributed by atoms with Gasteiger partial charge in [0.15, 0.2) is 0 Å². The number of hydrogen-bond donors (Lipinski definition) is 3. The first-order valence-electron chi connectivity index (χ1n) is 7.83. The van der Waals surface area contributed by atoms with Gasteiger partial charge in [0.1, 0.15) is 5.60 Å². The second kappa shape index (κ2) is 8.98. The van der Waals surface area contributed by atoms with Crippen LogP contribution >= 0.6 is 0 Å². The van der Waals surface area contributed by atoms with Crippen molar-refractivity contribution in [3.63, 3.8) is 0 Å². The Morgan fingerprint density at radius 1 is 1.38 bits per heavy atom. The number of nitrogens with two attached hydrogens (primary N) is 1. The van der Waals surface area contributed by atoms with Crippen molar-refractivity contribution < 1.29 is 19.5 Å². The van der Waals surface area contributed by atoms with Crippen LogP contribution in [-0.2, 0) is 14.4 Å². The summed E-state index contributed by atoms with van der Waals surface area (Å²) in [6, 6.07) is 0. The predicted octanol–water partition coefficient (Wildman–Crippen LogP) is 1.28. The van der Waals surface area contributed by atoms with Gasteiger partial charge < -0.3 is 16.2 Å². The minimum absolute atomic E-state index is 0.0229. The summed E-state index contributed by atoms with van der Waals surface area (Å²) in [5.74, 6) is -0.908. The van der Waals surface area contributed by atoms with Crippen LogP contribution in [0.25, 0.3) is 0 Å². The molecule has 0 spiro atoms. The first-order valence-corrected chi connectivity index (χ1v) is 7.83. The zero-order chi connectivity index (χ0) is 18.2. The second-order valence-corrected chi connectivity index (χ2v) is 6.12. The van der Waals surface area contributed by atoms with E-state index in [0.29, 0.717) is 5.92 Å². The number of nitrogens with one attached hydrogen (secondary N) is 1. The van der Waals surface area contributed by atoms with Gasteiger partial charge in [0, 0.05) is 12.5 Å². The average Bonchev–Trinajstić information content (AvgIpc) is 2.49. The molecule has 130 valence electrons. The second-order valence-electron chi connectivity index (χ2n) is 6.12. The quantitative estimate of drug-likeness (QED) is 0.459. The molecule has 0 unspecified atom stereocenters. The molecule has 2 amide bonds. The van der Waals surface area contributed by atoms with Crippen LogP contribution in [0.1, 0.15) is 33.1 Å². The Morgan fingerprint density at radius 3 is 2.71 bits per heavy atom. The summed E-state index contributed by atoms with van der Waals surface area (Å²) in [7, 11) is 0. The lowest BCUT2D eigenvalue weighted by atomic mass is 9.90. The number of amides is 2. The summed E-state index contributed by atoms with van der Waals surface area (Å²) < 4.78 is 0. The van der Waals surface area contributed by atoms with Crippen LogP contribution in [0.3, 0.4) is 0 Å². The van der Waals surface area contributed by atoms with Crippen molar-refractivity contribution in [1.82, 2.24) is 5.32 Å². The minimum Gasteiger partial charge on any atom is -0.382 e. The van der Waals surface area contributed by atoms with Gasteiger partial charge in [-0.2, -0.15) is 0 Å². The zero-order valence-electron chi connectivity index (χ0n) is 14.0. The third kappa shape index (κ3) is 7.19. The average molecular weight is 332 g/mol. The largest absolute Gasteiger partial charge is 0.382 e. The van der Waals surface area contributed by atoms with Crippen LogP contribution in [-0.4, -0.2) is 28.3 Å². The molecule has 0 fully saturated rings. The van der Waals surface area contributed by atoms with Crippen molar-refractivity contribution in [2.75, 3.05) is 0 Å². The maximum Gasteiger partial charge on any atom is 0.248 e. The Kier molecular flexibility index (Phi) is 7.32. The molecular formula is C18H24N2O4. The maximum atomic E-state index is 11.8. The molecule has 0 saturated heterocycles. The molecule has 1 aliphatic rings. The van der Waals surface area contributed by atoms with E-state index in [1.54, 1.807) is 12.2 Å². The molecule has 24 heavy (non-hydrogen) atoms. The van der Waals surface area contributed by atoms with Gasteiger partial charge in [0.25, 0.3) is 0 Å². The number of aliphatic hydroxyl groups is 1. The van der Waals surface area contributed by atoms with Crippen molar-refractivity contribution in [2.24, 2.45) is 11.7 Å². The SMILES string of the molecule is CC(C)C/C=C/C=C/C(=O)NC1=C[C@@](O)(CCC(N)=O)C=CC1=O. The standard InChI is InChI=1S/C18H24N2O4/c1-13(2)6-4-3-5-7-17(23)20-14-12-18(24,10-8-15(14)21)11-9-16(19)22/h3-5,7-8,10,12-13,24H,6,9,11H2,1-2H3,(H2,19,22)(H,20,23)/b4-3+,7-5+/t18-/m0/s1. The number of carbonyl (C=O) groups excluding carboxylic acids is 3. The lowest BCUT2D eigenvalue weighted by Crippen LogP contribution is -2.35. The number of hydrogen-bond acceptors (Lipinski definition) is 4. The van der Waals surface area contributed by atoms with Gasteiger partial charge >= 0.3 is 0 Å². The molecule has 4 N–H and O–H groups in total. The highest BCUT2D eigenvalue weighted by molar-refractivity contribution is 6.08. The third-order valence-corrected chi connectivity index (χ3v) is 3.32. The molecule has 6 heteroatoms. The van der Waals surface area contributed by atoms with E-state index in [1.807, 2.05) is 6.08 Å². The summed E-state index contributed by atoms with van der Waals surface area (Å²) in [5.41, 5.74) is 3.56. The van der Waals surface area contributed by atoms with E-state index in [-0.39, 0.29) is 18.5 Å². The molecule has 1 aliphatic carbocycles. The van der Waals surface area contributed by atoms with Crippen molar-refractivity contribution in [3.05, 3.63) is 48.2 Å². The number of primary amides is 1. The number of allylic oxidation sites excluding steroid dienone is 4. The molecule has 0 saturated carbocycles. The Morgan fingerprint density at radius 2 is 2.08 bits per heavy atom. The van der Waals surface area contributed by atoms with E-state index in [9.17, 15) is 19.5 Å². The van der Waals surface area contributed by atoms with Crippen molar-refractivity contribution in [3.8, 4) is 0 Å². The molecule has 0 radical (unpaired) electrons. The molecule has 1 atom stereocenters. The Balaban J connectivity index is 2.67. The maximum absolute atomic E-state index is 11.8.